The molecule has 8 heteroatoms. The van der Waals surface area contributed by atoms with Crippen molar-refractivity contribution >= 4 is 11.9 Å². The van der Waals surface area contributed by atoms with Gasteiger partial charge in [-0.05, 0) is 37.1 Å². The molecular weight excluding hydrogens is 350 g/mol. The molecule has 1 N–H and O–H groups in total. The monoisotopic (exact) mass is 373 g/mol. The Morgan fingerprint density at radius 2 is 1.85 bits per heavy atom. The van der Waals surface area contributed by atoms with Crippen LogP contribution in [0.15, 0.2) is 36.7 Å². The third-order valence-corrected chi connectivity index (χ3v) is 4.63. The number of carbonyl (C=O) groups is 2. The van der Waals surface area contributed by atoms with Gasteiger partial charge in [0.1, 0.15) is 12.4 Å². The number of ether oxygens (including phenoxy) is 2. The number of hydrogen-bond acceptors (Lipinski definition) is 5. The fourth-order valence-electron chi connectivity index (χ4n) is 3.10. The van der Waals surface area contributed by atoms with E-state index in [1.165, 1.54) is 6.20 Å². The fraction of sp³-hybridized carbons (Fsp3) is 0.421. The highest BCUT2D eigenvalue weighted by Gasteiger charge is 2.25. The molecule has 0 bridgehead atoms. The summed E-state index contributed by atoms with van der Waals surface area (Å²) in [6.07, 6.45) is 4.39. The van der Waals surface area contributed by atoms with E-state index in [4.69, 9.17) is 14.6 Å². The van der Waals surface area contributed by atoms with E-state index in [0.29, 0.717) is 37.6 Å². The quantitative estimate of drug-likeness (QED) is 0.747. The summed E-state index contributed by atoms with van der Waals surface area (Å²) in [6.45, 7) is 2.20. The Morgan fingerprint density at radius 1 is 1.15 bits per heavy atom. The summed E-state index contributed by atoms with van der Waals surface area (Å²) in [5.41, 5.74) is 0.807. The Morgan fingerprint density at radius 3 is 2.44 bits per heavy atom. The third-order valence-electron chi connectivity index (χ3n) is 4.63. The van der Waals surface area contributed by atoms with Gasteiger partial charge in [-0.2, -0.15) is 5.10 Å². The third kappa shape index (κ3) is 4.65. The first kappa shape index (κ1) is 18.9. The molecule has 1 saturated heterocycles. The molecule has 1 aliphatic heterocycles. The topological polar surface area (TPSA) is 93.9 Å². The first-order chi connectivity index (χ1) is 13.1. The lowest BCUT2D eigenvalue weighted by Gasteiger charge is -2.32. The zero-order chi connectivity index (χ0) is 19.2. The first-order valence-electron chi connectivity index (χ1n) is 8.87. The van der Waals surface area contributed by atoms with Crippen molar-refractivity contribution in [3.05, 3.63) is 47.8 Å². The maximum atomic E-state index is 12.7. The molecule has 1 aromatic carbocycles. The van der Waals surface area contributed by atoms with Gasteiger partial charge in [-0.25, -0.2) is 4.79 Å². The van der Waals surface area contributed by atoms with Crippen LogP contribution in [-0.4, -0.2) is 65.1 Å². The molecular formula is C19H23N3O5. The van der Waals surface area contributed by atoms with Crippen LogP contribution in [0.4, 0.5) is 0 Å². The highest BCUT2D eigenvalue weighted by Crippen LogP contribution is 2.24. The molecule has 1 aliphatic rings. The minimum Gasteiger partial charge on any atom is -0.491 e. The van der Waals surface area contributed by atoms with Crippen molar-refractivity contribution in [2.75, 3.05) is 33.4 Å². The van der Waals surface area contributed by atoms with Crippen LogP contribution in [0.3, 0.4) is 0 Å². The summed E-state index contributed by atoms with van der Waals surface area (Å²) >= 11 is 0. The van der Waals surface area contributed by atoms with Gasteiger partial charge in [0.25, 0.3) is 5.91 Å². The summed E-state index contributed by atoms with van der Waals surface area (Å²) in [6, 6.07) is 7.21. The Hall–Kier alpha value is -2.87. The van der Waals surface area contributed by atoms with Crippen molar-refractivity contribution in [1.82, 2.24) is 14.7 Å². The lowest BCUT2D eigenvalue weighted by Crippen LogP contribution is -2.39. The molecule has 2 heterocycles. The van der Waals surface area contributed by atoms with Gasteiger partial charge in [0, 0.05) is 32.0 Å². The minimum absolute atomic E-state index is 0.0106. The van der Waals surface area contributed by atoms with Crippen molar-refractivity contribution in [1.29, 1.82) is 0 Å². The van der Waals surface area contributed by atoms with E-state index in [9.17, 15) is 9.59 Å². The molecule has 1 amide bonds. The second-order valence-electron chi connectivity index (χ2n) is 6.40. The number of nitrogens with zero attached hydrogens (tertiary/aromatic N) is 3. The molecule has 0 saturated carbocycles. The Balaban J connectivity index is 1.54. The van der Waals surface area contributed by atoms with Crippen LogP contribution in [0, 0.1) is 0 Å². The number of carbonyl (C=O) groups excluding carboxylic acids is 1. The maximum Gasteiger partial charge on any atom is 0.338 e. The van der Waals surface area contributed by atoms with Crippen molar-refractivity contribution < 1.29 is 24.2 Å². The van der Waals surface area contributed by atoms with Crippen molar-refractivity contribution in [2.24, 2.45) is 0 Å². The summed E-state index contributed by atoms with van der Waals surface area (Å²) in [5.74, 6) is -0.290. The standard InChI is InChI=1S/C19H23N3O5/c1-26-10-11-27-17-4-2-14(3-5-17)18(23)21-8-6-16(7-9-21)22-13-15(12-20-22)19(24)25/h2-5,12-13,16H,6-11H2,1H3,(H,24,25). The number of aromatic nitrogens is 2. The van der Waals surface area contributed by atoms with Gasteiger partial charge < -0.3 is 19.5 Å². The summed E-state index contributed by atoms with van der Waals surface area (Å²) in [5, 5.41) is 13.1. The van der Waals surface area contributed by atoms with Crippen molar-refractivity contribution in [2.45, 2.75) is 18.9 Å². The number of piperidine rings is 1. The van der Waals surface area contributed by atoms with Crippen LogP contribution in [0.25, 0.3) is 0 Å². The van der Waals surface area contributed by atoms with Gasteiger partial charge in [-0.1, -0.05) is 0 Å². The normalized spacial score (nSPS) is 14.9. The molecule has 0 atom stereocenters. The second kappa shape index (κ2) is 8.68. The van der Waals surface area contributed by atoms with Gasteiger partial charge in [0.15, 0.2) is 0 Å². The molecule has 2 aromatic rings. The number of carboxylic acid groups (broad SMARTS) is 1. The van der Waals surface area contributed by atoms with Gasteiger partial charge in [0.2, 0.25) is 0 Å². The lowest BCUT2D eigenvalue weighted by atomic mass is 10.0. The number of methoxy groups -OCH3 is 1. The smallest absolute Gasteiger partial charge is 0.338 e. The van der Waals surface area contributed by atoms with Crippen molar-refractivity contribution in [3.63, 3.8) is 0 Å². The molecule has 8 nitrogen and oxygen atoms in total. The highest BCUT2D eigenvalue weighted by atomic mass is 16.5. The lowest BCUT2D eigenvalue weighted by molar-refractivity contribution is 0.0688. The van der Waals surface area contributed by atoms with Crippen LogP contribution in [0.5, 0.6) is 5.75 Å². The maximum absolute atomic E-state index is 12.7. The van der Waals surface area contributed by atoms with Gasteiger partial charge in [-0.15, -0.1) is 0 Å². The van der Waals surface area contributed by atoms with E-state index in [1.54, 1.807) is 42.3 Å². The zero-order valence-corrected chi connectivity index (χ0v) is 15.2. The number of likely N-dealkylation sites (tertiary alicyclic amines) is 1. The number of rotatable bonds is 7. The number of aromatic carboxylic acids is 1. The van der Waals surface area contributed by atoms with Crippen LogP contribution in [0.2, 0.25) is 0 Å². The van der Waals surface area contributed by atoms with Gasteiger partial charge >= 0.3 is 5.97 Å². The summed E-state index contributed by atoms with van der Waals surface area (Å²) < 4.78 is 12.1. The zero-order valence-electron chi connectivity index (χ0n) is 15.2. The molecule has 0 unspecified atom stereocenters. The minimum atomic E-state index is -0.983. The highest BCUT2D eigenvalue weighted by molar-refractivity contribution is 5.94. The number of amides is 1. The Kier molecular flexibility index (Phi) is 6.08. The van der Waals surface area contributed by atoms with Crippen LogP contribution in [0.1, 0.15) is 39.6 Å². The average Bonchev–Trinajstić information content (AvgIpc) is 3.19. The number of carboxylic acids is 1. The van der Waals surface area contributed by atoms with Crippen LogP contribution in [-0.2, 0) is 4.74 Å². The predicted molar refractivity (Wildman–Crippen MR) is 97.2 cm³/mol. The number of benzene rings is 1. The molecule has 0 spiro atoms. The van der Waals surface area contributed by atoms with E-state index in [-0.39, 0.29) is 17.5 Å². The van der Waals surface area contributed by atoms with Crippen LogP contribution >= 0.6 is 0 Å². The van der Waals surface area contributed by atoms with Crippen molar-refractivity contribution in [3.8, 4) is 5.75 Å². The Labute approximate surface area is 157 Å². The van der Waals surface area contributed by atoms with E-state index < -0.39 is 5.97 Å². The number of hydrogen-bond donors (Lipinski definition) is 1. The molecule has 27 heavy (non-hydrogen) atoms. The first-order valence-corrected chi connectivity index (χ1v) is 8.87. The molecule has 0 aliphatic carbocycles. The second-order valence-corrected chi connectivity index (χ2v) is 6.40. The molecule has 1 fully saturated rings. The molecule has 0 radical (unpaired) electrons. The van der Waals surface area contributed by atoms with E-state index in [2.05, 4.69) is 5.10 Å². The Bertz CT molecular complexity index is 779. The van der Waals surface area contributed by atoms with Crippen LogP contribution < -0.4 is 4.74 Å². The molecule has 144 valence electrons. The summed E-state index contributed by atoms with van der Waals surface area (Å²) in [7, 11) is 1.62. The SMILES string of the molecule is COCCOc1ccc(C(=O)N2CCC(n3cc(C(=O)O)cn3)CC2)cc1. The van der Waals surface area contributed by atoms with Gasteiger partial charge in [-0.3, -0.25) is 9.48 Å². The predicted octanol–water partition coefficient (Wildman–Crippen LogP) is 2.08. The largest absolute Gasteiger partial charge is 0.491 e. The molecule has 1 aromatic heterocycles. The van der Waals surface area contributed by atoms with E-state index in [1.807, 2.05) is 4.90 Å². The van der Waals surface area contributed by atoms with E-state index in [0.717, 1.165) is 12.8 Å². The summed E-state index contributed by atoms with van der Waals surface area (Å²) in [4.78, 5) is 25.5. The van der Waals surface area contributed by atoms with Gasteiger partial charge in [0.05, 0.1) is 24.4 Å². The molecule has 3 rings (SSSR count). The fourth-order valence-corrected chi connectivity index (χ4v) is 3.10. The van der Waals surface area contributed by atoms with E-state index >= 15 is 0 Å². The average molecular weight is 373 g/mol.